The third kappa shape index (κ3) is 3.26. The summed E-state index contributed by atoms with van der Waals surface area (Å²) >= 11 is 3.21. The van der Waals surface area contributed by atoms with Crippen LogP contribution in [0.15, 0.2) is 40.0 Å². The van der Waals surface area contributed by atoms with Gasteiger partial charge in [-0.15, -0.1) is 0 Å². The first-order valence-electron chi connectivity index (χ1n) is 5.79. The molecule has 1 aromatic heterocycles. The average Bonchev–Trinajstić information content (AvgIpc) is 2.81. The number of rotatable bonds is 5. The Hall–Kier alpha value is -1.22. The van der Waals surface area contributed by atoms with Crippen LogP contribution in [0.25, 0.3) is 0 Å². The van der Waals surface area contributed by atoms with Crippen molar-refractivity contribution in [2.75, 3.05) is 0 Å². The molecule has 2 N–H and O–H groups in total. The van der Waals surface area contributed by atoms with Gasteiger partial charge in [0.15, 0.2) is 0 Å². The van der Waals surface area contributed by atoms with Gasteiger partial charge >= 0.3 is 0 Å². The van der Waals surface area contributed by atoms with Crippen molar-refractivity contribution in [1.82, 2.24) is 14.3 Å². The van der Waals surface area contributed by atoms with Crippen molar-refractivity contribution < 1.29 is 13.5 Å². The van der Waals surface area contributed by atoms with Crippen LogP contribution in [0.1, 0.15) is 11.4 Å². The zero-order valence-corrected chi connectivity index (χ0v) is 13.1. The van der Waals surface area contributed by atoms with Gasteiger partial charge in [-0.05, 0) is 33.6 Å². The monoisotopic (exact) mass is 359 g/mol. The van der Waals surface area contributed by atoms with Gasteiger partial charge in [0.2, 0.25) is 10.0 Å². The van der Waals surface area contributed by atoms with Crippen molar-refractivity contribution >= 4 is 26.0 Å². The number of aliphatic hydroxyl groups is 1. The maximum atomic E-state index is 12.2. The molecule has 0 amide bonds. The average molecular weight is 360 g/mol. The summed E-state index contributed by atoms with van der Waals surface area (Å²) in [4.78, 5) is 4.18. The SMILES string of the molecule is Cn1ccnc1CNS(=O)(=O)c1ccc(CO)cc1Br. The molecule has 0 saturated carbocycles. The van der Waals surface area contributed by atoms with Crippen molar-refractivity contribution in [2.24, 2.45) is 7.05 Å². The Bertz CT molecular complexity index is 712. The van der Waals surface area contributed by atoms with E-state index in [-0.39, 0.29) is 18.0 Å². The molecule has 0 bridgehead atoms. The summed E-state index contributed by atoms with van der Waals surface area (Å²) in [6, 6.07) is 4.60. The molecule has 0 aliphatic rings. The fraction of sp³-hybridized carbons (Fsp3) is 0.250. The first-order valence-corrected chi connectivity index (χ1v) is 8.07. The zero-order chi connectivity index (χ0) is 14.8. The normalized spacial score (nSPS) is 11.8. The minimum Gasteiger partial charge on any atom is -0.392 e. The van der Waals surface area contributed by atoms with Gasteiger partial charge in [-0.2, -0.15) is 0 Å². The van der Waals surface area contributed by atoms with Crippen LogP contribution in [0, 0.1) is 0 Å². The van der Waals surface area contributed by atoms with Crippen molar-refractivity contribution in [3.05, 3.63) is 46.5 Å². The minimum absolute atomic E-state index is 0.111. The van der Waals surface area contributed by atoms with Crippen molar-refractivity contribution in [1.29, 1.82) is 0 Å². The number of aryl methyl sites for hydroxylation is 1. The smallest absolute Gasteiger partial charge is 0.242 e. The molecule has 0 unspecified atom stereocenters. The van der Waals surface area contributed by atoms with Crippen LogP contribution >= 0.6 is 15.9 Å². The number of hydrogen-bond donors (Lipinski definition) is 2. The van der Waals surface area contributed by atoms with Crippen molar-refractivity contribution in [3.63, 3.8) is 0 Å². The quantitative estimate of drug-likeness (QED) is 0.838. The number of halogens is 1. The summed E-state index contributed by atoms with van der Waals surface area (Å²) in [5.41, 5.74) is 0.639. The first kappa shape index (κ1) is 15.2. The van der Waals surface area contributed by atoms with E-state index >= 15 is 0 Å². The maximum Gasteiger partial charge on any atom is 0.242 e. The van der Waals surface area contributed by atoms with Crippen LogP contribution in [-0.4, -0.2) is 23.1 Å². The van der Waals surface area contributed by atoms with E-state index in [0.717, 1.165) is 0 Å². The van der Waals surface area contributed by atoms with E-state index in [1.807, 2.05) is 0 Å². The first-order chi connectivity index (χ1) is 9.44. The van der Waals surface area contributed by atoms with Gasteiger partial charge in [0.25, 0.3) is 0 Å². The lowest BCUT2D eigenvalue weighted by Crippen LogP contribution is -2.25. The second-order valence-electron chi connectivity index (χ2n) is 4.20. The van der Waals surface area contributed by atoms with Crippen LogP contribution in [0.3, 0.4) is 0 Å². The number of hydrogen-bond acceptors (Lipinski definition) is 4. The minimum atomic E-state index is -3.64. The highest BCUT2D eigenvalue weighted by molar-refractivity contribution is 9.10. The van der Waals surface area contributed by atoms with E-state index in [1.165, 1.54) is 6.07 Å². The molecule has 0 fully saturated rings. The van der Waals surface area contributed by atoms with Crippen LogP contribution in [0.2, 0.25) is 0 Å². The number of nitrogens with one attached hydrogen (secondary N) is 1. The van der Waals surface area contributed by atoms with Crippen LogP contribution in [0.5, 0.6) is 0 Å². The highest BCUT2D eigenvalue weighted by Crippen LogP contribution is 2.23. The Labute approximate surface area is 125 Å². The summed E-state index contributed by atoms with van der Waals surface area (Å²) in [6.07, 6.45) is 3.35. The predicted octanol–water partition coefficient (Wildman–Crippen LogP) is 1.15. The van der Waals surface area contributed by atoms with Crippen LogP contribution in [-0.2, 0) is 30.2 Å². The predicted molar refractivity (Wildman–Crippen MR) is 77.3 cm³/mol. The molecular formula is C12H14BrN3O3S. The Morgan fingerprint density at radius 3 is 2.75 bits per heavy atom. The van der Waals surface area contributed by atoms with E-state index in [4.69, 9.17) is 5.11 Å². The Balaban J connectivity index is 2.20. The molecule has 0 aliphatic heterocycles. The van der Waals surface area contributed by atoms with Gasteiger partial charge < -0.3 is 9.67 Å². The maximum absolute atomic E-state index is 12.2. The summed E-state index contributed by atoms with van der Waals surface area (Å²) in [7, 11) is -1.85. The number of sulfonamides is 1. The van der Waals surface area contributed by atoms with Crippen molar-refractivity contribution in [2.45, 2.75) is 18.0 Å². The number of aliphatic hydroxyl groups excluding tert-OH is 1. The fourth-order valence-electron chi connectivity index (χ4n) is 1.66. The van der Waals surface area contributed by atoms with Crippen LogP contribution in [0.4, 0.5) is 0 Å². The zero-order valence-electron chi connectivity index (χ0n) is 10.7. The van der Waals surface area contributed by atoms with Crippen molar-refractivity contribution in [3.8, 4) is 0 Å². The molecule has 0 spiro atoms. The van der Waals surface area contributed by atoms with E-state index in [9.17, 15) is 8.42 Å². The molecular weight excluding hydrogens is 346 g/mol. The van der Waals surface area contributed by atoms with Gasteiger partial charge in [0.1, 0.15) is 5.82 Å². The lowest BCUT2D eigenvalue weighted by Gasteiger charge is -2.09. The number of aromatic nitrogens is 2. The van der Waals surface area contributed by atoms with Gasteiger partial charge in [-0.3, -0.25) is 0 Å². The molecule has 1 aromatic carbocycles. The third-order valence-electron chi connectivity index (χ3n) is 2.81. The van der Waals surface area contributed by atoms with Gasteiger partial charge in [0.05, 0.1) is 18.0 Å². The third-order valence-corrected chi connectivity index (χ3v) is 5.19. The number of nitrogens with zero attached hydrogens (tertiary/aromatic N) is 2. The van der Waals surface area contributed by atoms with Gasteiger partial charge in [-0.25, -0.2) is 18.1 Å². The molecule has 0 aliphatic carbocycles. The summed E-state index contributed by atoms with van der Waals surface area (Å²) in [6.45, 7) is -0.0281. The molecule has 2 aromatic rings. The second kappa shape index (κ2) is 6.04. The summed E-state index contributed by atoms with van der Waals surface area (Å²) < 4.78 is 29.1. The topological polar surface area (TPSA) is 84.2 Å². The van der Waals surface area contributed by atoms with Gasteiger partial charge in [-0.1, -0.05) is 6.07 Å². The summed E-state index contributed by atoms with van der Waals surface area (Å²) in [5, 5.41) is 9.02. The Morgan fingerprint density at radius 1 is 1.45 bits per heavy atom. The molecule has 108 valence electrons. The lowest BCUT2D eigenvalue weighted by atomic mass is 10.2. The highest BCUT2D eigenvalue weighted by atomic mass is 79.9. The molecule has 0 saturated heterocycles. The Kier molecular flexibility index (Phi) is 4.59. The number of imidazole rings is 1. The fourth-order valence-corrected chi connectivity index (χ4v) is 3.77. The standard InChI is InChI=1S/C12H14BrN3O3S/c1-16-5-4-14-12(16)7-15-20(18,19)11-3-2-9(8-17)6-10(11)13/h2-6,15,17H,7-8H2,1H3. The molecule has 0 atom stereocenters. The Morgan fingerprint density at radius 2 is 2.20 bits per heavy atom. The van der Waals surface area contributed by atoms with E-state index in [2.05, 4.69) is 25.6 Å². The highest BCUT2D eigenvalue weighted by Gasteiger charge is 2.18. The van der Waals surface area contributed by atoms with E-state index < -0.39 is 10.0 Å². The lowest BCUT2D eigenvalue weighted by molar-refractivity contribution is 0.281. The number of benzene rings is 1. The molecule has 20 heavy (non-hydrogen) atoms. The largest absolute Gasteiger partial charge is 0.392 e. The second-order valence-corrected chi connectivity index (χ2v) is 6.79. The molecule has 1 heterocycles. The van der Waals surface area contributed by atoms with Crippen LogP contribution < -0.4 is 4.72 Å². The molecule has 6 nitrogen and oxygen atoms in total. The van der Waals surface area contributed by atoms with E-state index in [1.54, 1.807) is 36.1 Å². The van der Waals surface area contributed by atoms with Gasteiger partial charge in [0, 0.05) is 23.9 Å². The van der Waals surface area contributed by atoms with E-state index in [0.29, 0.717) is 15.9 Å². The molecule has 8 heteroatoms. The summed E-state index contributed by atoms with van der Waals surface area (Å²) in [5.74, 6) is 0.622. The molecule has 2 rings (SSSR count). The molecule has 0 radical (unpaired) electrons.